The smallest absolute Gasteiger partial charge is 0.161 e. The highest BCUT2D eigenvalue weighted by Crippen LogP contribution is 2.15. The normalized spacial score (nSPS) is 10.3. The van der Waals surface area contributed by atoms with Gasteiger partial charge in [-0.2, -0.15) is 0 Å². The number of anilines is 1. The Balaban J connectivity index is 1.64. The largest absolute Gasteiger partial charge is 0.370 e. The van der Waals surface area contributed by atoms with Gasteiger partial charge in [0.15, 0.2) is 5.82 Å². The van der Waals surface area contributed by atoms with Gasteiger partial charge in [0.1, 0.15) is 5.82 Å². The van der Waals surface area contributed by atoms with Crippen LogP contribution in [0.15, 0.2) is 67.0 Å². The number of pyridine rings is 1. The van der Waals surface area contributed by atoms with Crippen molar-refractivity contribution >= 4 is 5.82 Å². The van der Waals surface area contributed by atoms with Crippen LogP contribution in [-0.4, -0.2) is 21.5 Å². The van der Waals surface area contributed by atoms with Crippen molar-refractivity contribution in [1.29, 1.82) is 0 Å². The van der Waals surface area contributed by atoms with Crippen LogP contribution in [0.25, 0.3) is 11.4 Å². The van der Waals surface area contributed by atoms with E-state index in [0.29, 0.717) is 0 Å². The maximum absolute atomic E-state index is 4.53. The lowest BCUT2D eigenvalue weighted by Gasteiger charge is -2.06. The number of hydrogen-bond donors (Lipinski definition) is 1. The first-order valence-corrected chi connectivity index (χ1v) is 6.94. The number of nitrogens with one attached hydrogen (secondary N) is 1. The van der Waals surface area contributed by atoms with Crippen molar-refractivity contribution in [2.24, 2.45) is 0 Å². The molecule has 4 heteroatoms. The van der Waals surface area contributed by atoms with Crippen LogP contribution in [0.4, 0.5) is 5.82 Å². The van der Waals surface area contributed by atoms with Crippen molar-refractivity contribution in [3.63, 3.8) is 0 Å². The fraction of sp³-hybridized carbons (Fsp3) is 0.118. The monoisotopic (exact) mass is 276 g/mol. The molecule has 1 N–H and O–H groups in total. The second-order valence-corrected chi connectivity index (χ2v) is 4.63. The van der Waals surface area contributed by atoms with Gasteiger partial charge in [-0.25, -0.2) is 9.97 Å². The van der Waals surface area contributed by atoms with Crippen LogP contribution >= 0.6 is 0 Å². The number of aromatic nitrogens is 3. The summed E-state index contributed by atoms with van der Waals surface area (Å²) in [7, 11) is 0. The fourth-order valence-electron chi connectivity index (χ4n) is 2.05. The van der Waals surface area contributed by atoms with Gasteiger partial charge in [0.25, 0.3) is 0 Å². The lowest BCUT2D eigenvalue weighted by Crippen LogP contribution is -2.07. The Bertz CT molecular complexity index is 683. The number of benzene rings is 1. The molecule has 0 spiro atoms. The quantitative estimate of drug-likeness (QED) is 0.777. The SMILES string of the molecule is c1ccc(-c2nccc(NCCc3ccccn3)n2)cc1. The van der Waals surface area contributed by atoms with Crippen LogP contribution in [0.3, 0.4) is 0 Å². The number of nitrogens with zero attached hydrogens (tertiary/aromatic N) is 3. The van der Waals surface area contributed by atoms with Crippen molar-refractivity contribution in [2.75, 3.05) is 11.9 Å². The van der Waals surface area contributed by atoms with E-state index < -0.39 is 0 Å². The molecule has 0 aliphatic heterocycles. The summed E-state index contributed by atoms with van der Waals surface area (Å²) in [5, 5.41) is 3.31. The first kappa shape index (κ1) is 13.2. The van der Waals surface area contributed by atoms with E-state index >= 15 is 0 Å². The summed E-state index contributed by atoms with van der Waals surface area (Å²) in [5.74, 6) is 1.57. The molecular weight excluding hydrogens is 260 g/mol. The summed E-state index contributed by atoms with van der Waals surface area (Å²) in [6.07, 6.45) is 4.46. The molecular formula is C17H16N4. The molecule has 0 aliphatic carbocycles. The minimum Gasteiger partial charge on any atom is -0.370 e. The Morgan fingerprint density at radius 2 is 1.67 bits per heavy atom. The Kier molecular flexibility index (Phi) is 4.17. The molecule has 1 aromatic carbocycles. The second-order valence-electron chi connectivity index (χ2n) is 4.63. The molecule has 2 aromatic heterocycles. The van der Waals surface area contributed by atoms with Crippen LogP contribution in [0.2, 0.25) is 0 Å². The maximum atomic E-state index is 4.53. The van der Waals surface area contributed by atoms with E-state index in [0.717, 1.165) is 35.9 Å². The third kappa shape index (κ3) is 3.63. The molecule has 21 heavy (non-hydrogen) atoms. The van der Waals surface area contributed by atoms with Crippen LogP contribution < -0.4 is 5.32 Å². The predicted molar refractivity (Wildman–Crippen MR) is 83.9 cm³/mol. The van der Waals surface area contributed by atoms with E-state index in [-0.39, 0.29) is 0 Å². The van der Waals surface area contributed by atoms with Gasteiger partial charge < -0.3 is 5.32 Å². The Labute approximate surface area is 123 Å². The molecule has 0 unspecified atom stereocenters. The minimum atomic E-state index is 0.735. The molecule has 4 nitrogen and oxygen atoms in total. The first-order valence-electron chi connectivity index (χ1n) is 6.94. The van der Waals surface area contributed by atoms with Crippen LogP contribution in [0.5, 0.6) is 0 Å². The lowest BCUT2D eigenvalue weighted by atomic mass is 10.2. The summed E-state index contributed by atoms with van der Waals surface area (Å²) in [6.45, 7) is 0.794. The fourth-order valence-corrected chi connectivity index (χ4v) is 2.05. The van der Waals surface area contributed by atoms with Crippen LogP contribution in [-0.2, 0) is 6.42 Å². The Morgan fingerprint density at radius 3 is 2.48 bits per heavy atom. The van der Waals surface area contributed by atoms with Crippen molar-refractivity contribution in [1.82, 2.24) is 15.0 Å². The van der Waals surface area contributed by atoms with Gasteiger partial charge in [0.2, 0.25) is 0 Å². The standard InChI is InChI=1S/C17H16N4/c1-2-6-14(7-3-1)17-20-13-10-16(21-17)19-12-9-15-8-4-5-11-18-15/h1-8,10-11,13H,9,12H2,(H,19,20,21). The van der Waals surface area contributed by atoms with Crippen molar-refractivity contribution in [2.45, 2.75) is 6.42 Å². The molecule has 0 saturated carbocycles. The number of rotatable bonds is 5. The summed E-state index contributed by atoms with van der Waals surface area (Å²) in [5.41, 5.74) is 2.09. The van der Waals surface area contributed by atoms with Gasteiger partial charge in [0, 0.05) is 36.6 Å². The van der Waals surface area contributed by atoms with Gasteiger partial charge in [-0.05, 0) is 18.2 Å². The van der Waals surface area contributed by atoms with Gasteiger partial charge in [0.05, 0.1) is 0 Å². The van der Waals surface area contributed by atoms with Gasteiger partial charge in [-0.15, -0.1) is 0 Å². The third-order valence-electron chi connectivity index (χ3n) is 3.10. The molecule has 0 aliphatic rings. The topological polar surface area (TPSA) is 50.7 Å². The van der Waals surface area contributed by atoms with E-state index in [1.165, 1.54) is 0 Å². The van der Waals surface area contributed by atoms with Crippen LogP contribution in [0.1, 0.15) is 5.69 Å². The van der Waals surface area contributed by atoms with Crippen molar-refractivity contribution in [3.05, 3.63) is 72.7 Å². The Morgan fingerprint density at radius 1 is 0.810 bits per heavy atom. The summed E-state index contributed by atoms with van der Waals surface area (Å²) in [4.78, 5) is 13.1. The first-order chi connectivity index (χ1) is 10.4. The molecule has 104 valence electrons. The third-order valence-corrected chi connectivity index (χ3v) is 3.10. The molecule has 0 fully saturated rings. The molecule has 0 radical (unpaired) electrons. The van der Waals surface area contributed by atoms with E-state index in [2.05, 4.69) is 20.3 Å². The minimum absolute atomic E-state index is 0.735. The van der Waals surface area contributed by atoms with E-state index in [1.54, 1.807) is 6.20 Å². The Hall–Kier alpha value is -2.75. The molecule has 3 rings (SSSR count). The van der Waals surface area contributed by atoms with Crippen LogP contribution in [0, 0.1) is 0 Å². The average Bonchev–Trinajstić information content (AvgIpc) is 2.57. The van der Waals surface area contributed by atoms with Crippen molar-refractivity contribution < 1.29 is 0 Å². The summed E-state index contributed by atoms with van der Waals surface area (Å²) < 4.78 is 0. The second kappa shape index (κ2) is 6.61. The van der Waals surface area contributed by atoms with E-state index in [9.17, 15) is 0 Å². The molecule has 0 bridgehead atoms. The molecule has 3 aromatic rings. The van der Waals surface area contributed by atoms with E-state index in [1.807, 2.05) is 60.8 Å². The molecule has 0 atom stereocenters. The molecule has 2 heterocycles. The maximum Gasteiger partial charge on any atom is 0.161 e. The van der Waals surface area contributed by atoms with E-state index in [4.69, 9.17) is 0 Å². The summed E-state index contributed by atoms with van der Waals surface area (Å²) in [6, 6.07) is 17.8. The zero-order chi connectivity index (χ0) is 14.3. The van der Waals surface area contributed by atoms with Gasteiger partial charge >= 0.3 is 0 Å². The lowest BCUT2D eigenvalue weighted by molar-refractivity contribution is 0.951. The van der Waals surface area contributed by atoms with Gasteiger partial charge in [-0.1, -0.05) is 36.4 Å². The summed E-state index contributed by atoms with van der Waals surface area (Å²) >= 11 is 0. The zero-order valence-electron chi connectivity index (χ0n) is 11.6. The highest BCUT2D eigenvalue weighted by Gasteiger charge is 2.01. The highest BCUT2D eigenvalue weighted by molar-refractivity contribution is 5.56. The highest BCUT2D eigenvalue weighted by atomic mass is 15.0. The molecule has 0 saturated heterocycles. The van der Waals surface area contributed by atoms with Gasteiger partial charge in [-0.3, -0.25) is 4.98 Å². The zero-order valence-corrected chi connectivity index (χ0v) is 11.6. The average molecular weight is 276 g/mol. The molecule has 0 amide bonds. The van der Waals surface area contributed by atoms with Crippen molar-refractivity contribution in [3.8, 4) is 11.4 Å². The predicted octanol–water partition coefficient (Wildman–Crippen LogP) is 3.19. The number of hydrogen-bond acceptors (Lipinski definition) is 4.